The monoisotopic (exact) mass is 297 g/mol. The van der Waals surface area contributed by atoms with E-state index in [1.54, 1.807) is 0 Å². The lowest BCUT2D eigenvalue weighted by molar-refractivity contribution is -0.139. The highest BCUT2D eigenvalue weighted by molar-refractivity contribution is 6.32. The molecule has 8 heteroatoms. The molecule has 1 atom stereocenters. The molecule has 0 radical (unpaired) electrons. The summed E-state index contributed by atoms with van der Waals surface area (Å²) in [5.41, 5.74) is 4.34. The summed E-state index contributed by atoms with van der Waals surface area (Å²) in [6.07, 6.45) is -5.08. The average Bonchev–Trinajstić information content (AvgIpc) is 2.27. The van der Waals surface area contributed by atoms with Crippen LogP contribution in [0.15, 0.2) is 12.1 Å². The first-order valence-electron chi connectivity index (χ1n) is 5.20. The molecule has 1 unspecified atom stereocenters. The van der Waals surface area contributed by atoms with E-state index in [-0.39, 0.29) is 18.4 Å². The van der Waals surface area contributed by atoms with Crippen molar-refractivity contribution in [3.63, 3.8) is 0 Å². The van der Waals surface area contributed by atoms with Crippen LogP contribution >= 0.6 is 11.6 Å². The van der Waals surface area contributed by atoms with E-state index >= 15 is 0 Å². The number of hydrogen-bond donors (Lipinski definition) is 3. The number of hydrogen-bond acceptors (Lipinski definition) is 3. The van der Waals surface area contributed by atoms with Gasteiger partial charge in [0.25, 0.3) is 0 Å². The minimum absolute atomic E-state index is 0.0244. The van der Waals surface area contributed by atoms with Crippen LogP contribution in [0, 0.1) is 0 Å². The molecule has 1 aromatic rings. The Hall–Kier alpha value is -1.47. The van der Waals surface area contributed by atoms with E-state index < -0.39 is 34.5 Å². The Labute approximate surface area is 111 Å². The van der Waals surface area contributed by atoms with Gasteiger partial charge < -0.3 is 15.9 Å². The molecule has 0 saturated carbocycles. The summed E-state index contributed by atoms with van der Waals surface area (Å²) < 4.78 is 37.9. The van der Waals surface area contributed by atoms with Gasteiger partial charge >= 0.3 is 12.1 Å². The molecule has 0 aliphatic carbocycles. The molecule has 0 fully saturated rings. The van der Waals surface area contributed by atoms with E-state index in [0.717, 1.165) is 6.07 Å². The zero-order valence-corrected chi connectivity index (χ0v) is 10.3. The number of phenols is 1. The number of aliphatic carboxylic acids is 1. The Kier molecular flexibility index (Phi) is 4.65. The zero-order chi connectivity index (χ0) is 14.8. The number of carboxylic acid groups (broad SMARTS) is 1. The second kappa shape index (κ2) is 5.66. The van der Waals surface area contributed by atoms with Crippen molar-refractivity contribution in [3.8, 4) is 5.75 Å². The molecule has 0 saturated heterocycles. The fourth-order valence-corrected chi connectivity index (χ4v) is 1.72. The first-order valence-corrected chi connectivity index (χ1v) is 5.57. The summed E-state index contributed by atoms with van der Waals surface area (Å²) in [4.78, 5) is 10.4. The number of carbonyl (C=O) groups is 1. The van der Waals surface area contributed by atoms with Gasteiger partial charge in [0, 0.05) is 12.5 Å². The fourth-order valence-electron chi connectivity index (χ4n) is 1.50. The van der Waals surface area contributed by atoms with Gasteiger partial charge in [-0.2, -0.15) is 13.2 Å². The number of alkyl halides is 3. The normalized spacial score (nSPS) is 13.3. The quantitative estimate of drug-likeness (QED) is 0.798. The molecule has 0 aliphatic heterocycles. The average molecular weight is 298 g/mol. The Morgan fingerprint density at radius 3 is 2.47 bits per heavy atom. The summed E-state index contributed by atoms with van der Waals surface area (Å²) >= 11 is 5.51. The van der Waals surface area contributed by atoms with Crippen molar-refractivity contribution in [3.05, 3.63) is 28.3 Å². The number of halogens is 4. The molecule has 0 amide bonds. The number of rotatable bonds is 4. The Bertz CT molecular complexity index is 491. The summed E-state index contributed by atoms with van der Waals surface area (Å²) in [7, 11) is 0. The Balaban J connectivity index is 3.10. The molecule has 0 spiro atoms. The van der Waals surface area contributed by atoms with Gasteiger partial charge in [0.05, 0.1) is 10.6 Å². The van der Waals surface area contributed by atoms with Crippen molar-refractivity contribution >= 4 is 17.6 Å². The maximum absolute atomic E-state index is 12.6. The van der Waals surface area contributed by atoms with Gasteiger partial charge in [-0.3, -0.25) is 4.79 Å². The number of aromatic hydroxyl groups is 1. The van der Waals surface area contributed by atoms with E-state index in [0.29, 0.717) is 6.07 Å². The van der Waals surface area contributed by atoms with Crippen LogP contribution in [0.1, 0.15) is 30.0 Å². The minimum Gasteiger partial charge on any atom is -0.506 e. The van der Waals surface area contributed by atoms with Crippen molar-refractivity contribution in [2.24, 2.45) is 5.73 Å². The maximum Gasteiger partial charge on any atom is 0.420 e. The molecule has 0 heterocycles. The molecule has 19 heavy (non-hydrogen) atoms. The van der Waals surface area contributed by atoms with Gasteiger partial charge in [0.1, 0.15) is 5.75 Å². The lowest BCUT2D eigenvalue weighted by atomic mass is 10.00. The number of carboxylic acids is 1. The first-order chi connectivity index (χ1) is 8.62. The third-order valence-electron chi connectivity index (χ3n) is 2.49. The second-order valence-corrected chi connectivity index (χ2v) is 4.34. The maximum atomic E-state index is 12.6. The van der Waals surface area contributed by atoms with Crippen LogP contribution in [0.3, 0.4) is 0 Å². The second-order valence-electron chi connectivity index (χ2n) is 3.94. The molecule has 4 N–H and O–H groups in total. The van der Waals surface area contributed by atoms with Crippen LogP contribution in [0.5, 0.6) is 5.75 Å². The first kappa shape index (κ1) is 15.6. The molecule has 1 aromatic carbocycles. The summed E-state index contributed by atoms with van der Waals surface area (Å²) in [6, 6.07) is 0.863. The van der Waals surface area contributed by atoms with E-state index in [1.807, 2.05) is 0 Å². The molecule has 0 bridgehead atoms. The highest BCUT2D eigenvalue weighted by Gasteiger charge is 2.35. The van der Waals surface area contributed by atoms with Gasteiger partial charge in [0.2, 0.25) is 0 Å². The molecular formula is C11H11ClF3NO3. The number of phenolic OH excluding ortho intramolecular Hbond substituents is 1. The number of nitrogens with two attached hydrogens (primary N) is 1. The molecule has 106 valence electrons. The zero-order valence-electron chi connectivity index (χ0n) is 9.54. The lowest BCUT2D eigenvalue weighted by Gasteiger charge is -2.16. The van der Waals surface area contributed by atoms with Gasteiger partial charge in [-0.15, -0.1) is 0 Å². The van der Waals surface area contributed by atoms with E-state index in [1.165, 1.54) is 0 Å². The van der Waals surface area contributed by atoms with E-state index in [4.69, 9.17) is 22.4 Å². The van der Waals surface area contributed by atoms with Gasteiger partial charge in [-0.05, 0) is 24.1 Å². The predicted molar refractivity (Wildman–Crippen MR) is 61.9 cm³/mol. The van der Waals surface area contributed by atoms with Gasteiger partial charge in [-0.1, -0.05) is 11.6 Å². The van der Waals surface area contributed by atoms with Crippen molar-refractivity contribution in [2.75, 3.05) is 0 Å². The van der Waals surface area contributed by atoms with Crippen LogP contribution < -0.4 is 5.73 Å². The van der Waals surface area contributed by atoms with Gasteiger partial charge in [-0.25, -0.2) is 0 Å². The topological polar surface area (TPSA) is 83.6 Å². The minimum atomic E-state index is -4.77. The van der Waals surface area contributed by atoms with Gasteiger partial charge in [0.15, 0.2) is 0 Å². The van der Waals surface area contributed by atoms with Crippen molar-refractivity contribution in [2.45, 2.75) is 25.1 Å². The van der Waals surface area contributed by atoms with E-state index in [9.17, 15) is 23.1 Å². The molecule has 1 rings (SSSR count). The standard InChI is InChI=1S/C11H11ClF3NO3/c12-7-4-5(8(16)1-2-9(17)18)3-6(10(7)19)11(13,14)15/h3-4,8,19H,1-2,16H2,(H,17,18). The largest absolute Gasteiger partial charge is 0.506 e. The molecule has 4 nitrogen and oxygen atoms in total. The molecular weight excluding hydrogens is 287 g/mol. The highest BCUT2D eigenvalue weighted by atomic mass is 35.5. The fraction of sp³-hybridized carbons (Fsp3) is 0.364. The smallest absolute Gasteiger partial charge is 0.420 e. The van der Waals surface area contributed by atoms with Crippen molar-refractivity contribution in [1.29, 1.82) is 0 Å². The van der Waals surface area contributed by atoms with Crippen molar-refractivity contribution < 1.29 is 28.2 Å². The predicted octanol–water partition coefficient (Wildman–Crippen LogP) is 2.93. The summed E-state index contributed by atoms with van der Waals surface area (Å²) in [5.74, 6) is -2.17. The highest BCUT2D eigenvalue weighted by Crippen LogP contribution is 2.41. The third kappa shape index (κ3) is 4.00. The van der Waals surface area contributed by atoms with Crippen LogP contribution in [0.25, 0.3) is 0 Å². The molecule has 0 aromatic heterocycles. The summed E-state index contributed by atoms with van der Waals surface area (Å²) in [5, 5.41) is 17.3. The van der Waals surface area contributed by atoms with Crippen molar-refractivity contribution in [1.82, 2.24) is 0 Å². The SMILES string of the molecule is NC(CCC(=O)O)c1cc(Cl)c(O)c(C(F)(F)F)c1. The Morgan fingerprint density at radius 2 is 2.00 bits per heavy atom. The molecule has 0 aliphatic rings. The van der Waals surface area contributed by atoms with Crippen LogP contribution in [-0.4, -0.2) is 16.2 Å². The van der Waals surface area contributed by atoms with Crippen LogP contribution in [-0.2, 0) is 11.0 Å². The summed E-state index contributed by atoms with van der Waals surface area (Å²) in [6.45, 7) is 0. The van der Waals surface area contributed by atoms with E-state index in [2.05, 4.69) is 0 Å². The Morgan fingerprint density at radius 1 is 1.42 bits per heavy atom. The lowest BCUT2D eigenvalue weighted by Crippen LogP contribution is -2.14. The number of benzene rings is 1. The van der Waals surface area contributed by atoms with Crippen LogP contribution in [0.2, 0.25) is 5.02 Å². The van der Waals surface area contributed by atoms with Crippen LogP contribution in [0.4, 0.5) is 13.2 Å². The third-order valence-corrected chi connectivity index (χ3v) is 2.78.